The molecule has 3 amide bonds. The van der Waals surface area contributed by atoms with Crippen LogP contribution in [0.15, 0.2) is 53.5 Å². The van der Waals surface area contributed by atoms with Crippen molar-refractivity contribution in [3.05, 3.63) is 70.4 Å². The molecule has 1 aliphatic carbocycles. The lowest BCUT2D eigenvalue weighted by Gasteiger charge is -2.17. The number of nitrogens with one attached hydrogen (secondary N) is 3. The number of allylic oxidation sites excluding steroid dienone is 1. The number of hydrogen-bond acceptors (Lipinski definition) is 6. The molecule has 0 unspecified atom stereocenters. The van der Waals surface area contributed by atoms with E-state index >= 15 is 0 Å². The molecule has 1 aliphatic rings. The Morgan fingerprint density at radius 3 is 2.74 bits per heavy atom. The van der Waals surface area contributed by atoms with Gasteiger partial charge in [-0.1, -0.05) is 18.2 Å². The highest BCUT2D eigenvalue weighted by atomic mass is 16.5. The SMILES string of the molecule is COC(=O)N[C@@H](CC/C=C/C(=O)N(C)C)C(=O)Nc1cccn(Cc2nc3c(CC4CC4)cccc3[nH]2)c1=O. The number of fused-ring (bicyclic) bond motifs is 1. The lowest BCUT2D eigenvalue weighted by molar-refractivity contribution is -0.123. The predicted octanol–water partition coefficient (Wildman–Crippen LogP) is 2.81. The Morgan fingerprint density at radius 1 is 1.23 bits per heavy atom. The summed E-state index contributed by atoms with van der Waals surface area (Å²) in [5, 5.41) is 5.11. The number of rotatable bonds is 11. The Hall–Kier alpha value is -4.41. The van der Waals surface area contributed by atoms with Crippen molar-refractivity contribution in [3.63, 3.8) is 0 Å². The monoisotopic (exact) mass is 534 g/mol. The van der Waals surface area contributed by atoms with E-state index in [1.807, 2.05) is 12.1 Å². The first-order valence-corrected chi connectivity index (χ1v) is 12.9. The summed E-state index contributed by atoms with van der Waals surface area (Å²) < 4.78 is 6.10. The van der Waals surface area contributed by atoms with Crippen LogP contribution in [0.3, 0.4) is 0 Å². The second kappa shape index (κ2) is 12.4. The molecule has 4 rings (SSSR count). The molecule has 3 aromatic rings. The van der Waals surface area contributed by atoms with Crippen molar-refractivity contribution in [2.24, 2.45) is 5.92 Å². The minimum Gasteiger partial charge on any atom is -0.453 e. The molecule has 3 N–H and O–H groups in total. The summed E-state index contributed by atoms with van der Waals surface area (Å²) in [6, 6.07) is 8.28. The Bertz CT molecular complexity index is 1440. The normalized spacial score (nSPS) is 13.8. The van der Waals surface area contributed by atoms with Crippen LogP contribution in [0, 0.1) is 5.92 Å². The first kappa shape index (κ1) is 27.6. The zero-order chi connectivity index (χ0) is 27.9. The molecule has 2 heterocycles. The van der Waals surface area contributed by atoms with E-state index in [1.165, 1.54) is 47.1 Å². The van der Waals surface area contributed by atoms with Gasteiger partial charge in [0.2, 0.25) is 11.8 Å². The summed E-state index contributed by atoms with van der Waals surface area (Å²) in [5.74, 6) is 0.609. The van der Waals surface area contributed by atoms with E-state index in [9.17, 15) is 19.2 Å². The van der Waals surface area contributed by atoms with E-state index in [-0.39, 0.29) is 24.6 Å². The van der Waals surface area contributed by atoms with Crippen LogP contribution in [0.1, 0.15) is 37.1 Å². The zero-order valence-electron chi connectivity index (χ0n) is 22.4. The number of hydrogen-bond donors (Lipinski definition) is 3. The van der Waals surface area contributed by atoms with Crippen LogP contribution < -0.4 is 16.2 Å². The number of amides is 3. The van der Waals surface area contributed by atoms with E-state index < -0.39 is 23.6 Å². The number of nitrogens with zero attached hydrogens (tertiary/aromatic N) is 3. The number of carbonyl (C=O) groups excluding carboxylic acids is 3. The highest BCUT2D eigenvalue weighted by Gasteiger charge is 2.24. The van der Waals surface area contributed by atoms with Crippen LogP contribution >= 0.6 is 0 Å². The number of benzene rings is 1. The summed E-state index contributed by atoms with van der Waals surface area (Å²) in [6.45, 7) is 0.203. The maximum atomic E-state index is 13.2. The topological polar surface area (TPSA) is 138 Å². The molecule has 0 saturated heterocycles. The lowest BCUT2D eigenvalue weighted by atomic mass is 10.1. The van der Waals surface area contributed by atoms with Crippen LogP contribution in [-0.4, -0.2) is 64.6 Å². The summed E-state index contributed by atoms with van der Waals surface area (Å²) in [4.78, 5) is 59.2. The molecule has 0 aliphatic heterocycles. The second-order valence-electron chi connectivity index (χ2n) is 9.89. The van der Waals surface area contributed by atoms with Crippen molar-refractivity contribution in [1.29, 1.82) is 0 Å². The van der Waals surface area contributed by atoms with Gasteiger partial charge in [-0.05, 0) is 67.9 Å². The van der Waals surface area contributed by atoms with Crippen LogP contribution in [0.25, 0.3) is 11.0 Å². The number of H-pyrrole nitrogens is 1. The molecule has 1 saturated carbocycles. The third kappa shape index (κ3) is 7.34. The number of aromatic amines is 1. The molecule has 2 aromatic heterocycles. The Labute approximate surface area is 226 Å². The van der Waals surface area contributed by atoms with Gasteiger partial charge in [0.15, 0.2) is 0 Å². The molecule has 0 bridgehead atoms. The van der Waals surface area contributed by atoms with Gasteiger partial charge in [-0.3, -0.25) is 14.4 Å². The van der Waals surface area contributed by atoms with Crippen LogP contribution in [-0.2, 0) is 27.3 Å². The zero-order valence-corrected chi connectivity index (χ0v) is 22.4. The van der Waals surface area contributed by atoms with Gasteiger partial charge < -0.3 is 29.8 Å². The molecule has 0 radical (unpaired) electrons. The van der Waals surface area contributed by atoms with E-state index in [4.69, 9.17) is 4.98 Å². The summed E-state index contributed by atoms with van der Waals surface area (Å²) in [6.07, 6.45) is 7.93. The third-order valence-corrected chi connectivity index (χ3v) is 6.57. The van der Waals surface area contributed by atoms with Gasteiger partial charge in [0.05, 0.1) is 24.7 Å². The largest absolute Gasteiger partial charge is 0.453 e. The van der Waals surface area contributed by atoms with Gasteiger partial charge in [-0.2, -0.15) is 0 Å². The Kier molecular flexibility index (Phi) is 8.80. The first-order valence-electron chi connectivity index (χ1n) is 12.9. The number of carbonyl (C=O) groups is 3. The average molecular weight is 535 g/mol. The molecule has 11 nitrogen and oxygen atoms in total. The molecule has 206 valence electrons. The van der Waals surface area contributed by atoms with E-state index in [0.29, 0.717) is 12.2 Å². The highest BCUT2D eigenvalue weighted by Crippen LogP contribution is 2.34. The smallest absolute Gasteiger partial charge is 0.407 e. The van der Waals surface area contributed by atoms with Crippen LogP contribution in [0.4, 0.5) is 10.5 Å². The minimum atomic E-state index is -0.982. The fourth-order valence-electron chi connectivity index (χ4n) is 4.22. The third-order valence-electron chi connectivity index (χ3n) is 6.57. The highest BCUT2D eigenvalue weighted by molar-refractivity contribution is 5.96. The molecule has 0 spiro atoms. The van der Waals surface area contributed by atoms with E-state index in [1.54, 1.807) is 32.4 Å². The fraction of sp³-hybridized carbons (Fsp3) is 0.393. The standard InChI is InChI=1S/C28H34N6O5/c1-33(2)24(35)12-5-4-9-21(31-28(38)39-3)26(36)30-22-11-7-15-34(27(22)37)17-23-29-20-10-6-8-19(25(20)32-23)16-18-13-14-18/h5-8,10-12,15,18,21H,4,9,13-14,16-17H2,1-3H3,(H,29,32)(H,30,36)(H,31,38)/b12-5+/t21-/m0/s1. The van der Waals surface area contributed by atoms with Gasteiger partial charge in [-0.15, -0.1) is 0 Å². The molecule has 39 heavy (non-hydrogen) atoms. The van der Waals surface area contributed by atoms with Crippen LogP contribution in [0.5, 0.6) is 0 Å². The van der Waals surface area contributed by atoms with Gasteiger partial charge in [0.1, 0.15) is 17.6 Å². The minimum absolute atomic E-state index is 0.0722. The number of para-hydroxylation sites is 1. The van der Waals surface area contributed by atoms with E-state index in [0.717, 1.165) is 23.4 Å². The lowest BCUT2D eigenvalue weighted by Crippen LogP contribution is -2.44. The first-order chi connectivity index (χ1) is 18.7. The number of ether oxygens (including phenoxy) is 1. The van der Waals surface area contributed by atoms with Gasteiger partial charge in [-0.25, -0.2) is 9.78 Å². The summed E-state index contributed by atoms with van der Waals surface area (Å²) in [7, 11) is 4.47. The van der Waals surface area contributed by atoms with Crippen molar-refractivity contribution in [1.82, 2.24) is 24.8 Å². The number of pyridine rings is 1. The predicted molar refractivity (Wildman–Crippen MR) is 147 cm³/mol. The molecule has 11 heteroatoms. The maximum Gasteiger partial charge on any atom is 0.407 e. The Balaban J connectivity index is 1.46. The quantitative estimate of drug-likeness (QED) is 0.324. The fourth-order valence-corrected chi connectivity index (χ4v) is 4.22. The number of likely N-dealkylation sites (N-methyl/N-ethyl adjacent to an activating group) is 1. The molecule has 1 fully saturated rings. The number of aromatic nitrogens is 3. The van der Waals surface area contributed by atoms with Gasteiger partial charge in [0.25, 0.3) is 5.56 Å². The van der Waals surface area contributed by atoms with Crippen molar-refractivity contribution >= 4 is 34.6 Å². The van der Waals surface area contributed by atoms with Gasteiger partial charge >= 0.3 is 6.09 Å². The van der Waals surface area contributed by atoms with Crippen molar-refractivity contribution in [2.75, 3.05) is 26.5 Å². The summed E-state index contributed by atoms with van der Waals surface area (Å²) >= 11 is 0. The maximum absolute atomic E-state index is 13.2. The van der Waals surface area contributed by atoms with Crippen molar-refractivity contribution in [3.8, 4) is 0 Å². The number of methoxy groups -OCH3 is 1. The number of alkyl carbamates (subject to hydrolysis) is 1. The number of imidazole rings is 1. The Morgan fingerprint density at radius 2 is 2.03 bits per heavy atom. The summed E-state index contributed by atoms with van der Waals surface area (Å²) in [5.41, 5.74) is 2.73. The van der Waals surface area contributed by atoms with Crippen molar-refractivity contribution in [2.45, 2.75) is 44.7 Å². The second-order valence-corrected chi connectivity index (χ2v) is 9.89. The molecule has 1 aromatic carbocycles. The van der Waals surface area contributed by atoms with Gasteiger partial charge in [0, 0.05) is 20.3 Å². The average Bonchev–Trinajstić information content (AvgIpc) is 3.63. The molecular weight excluding hydrogens is 500 g/mol. The van der Waals surface area contributed by atoms with Crippen LogP contribution in [0.2, 0.25) is 0 Å². The van der Waals surface area contributed by atoms with E-state index in [2.05, 4.69) is 26.4 Å². The molecule has 1 atom stereocenters. The number of anilines is 1. The van der Waals surface area contributed by atoms with Crippen molar-refractivity contribution < 1.29 is 19.1 Å². The molecular formula is C28H34N6O5.